The molecule has 2 heterocycles. The van der Waals surface area contributed by atoms with Crippen LogP contribution in [0.4, 0.5) is 0 Å². The molecule has 0 unspecified atom stereocenters. The predicted molar refractivity (Wildman–Crippen MR) is 132 cm³/mol. The van der Waals surface area contributed by atoms with Crippen LogP contribution in [0.2, 0.25) is 0 Å². The van der Waals surface area contributed by atoms with E-state index < -0.39 is 0 Å². The number of ether oxygens (including phenoxy) is 1. The number of carbonyl (C=O) groups excluding carboxylic acids is 2. The zero-order valence-electron chi connectivity index (χ0n) is 19.4. The van der Waals surface area contributed by atoms with Gasteiger partial charge in [-0.1, -0.05) is 35.9 Å². The zero-order valence-corrected chi connectivity index (χ0v) is 20.2. The fourth-order valence-corrected chi connectivity index (χ4v) is 5.08. The maximum atomic E-state index is 13.5. The van der Waals surface area contributed by atoms with Gasteiger partial charge >= 0.3 is 0 Å². The van der Waals surface area contributed by atoms with Crippen molar-refractivity contribution in [1.82, 2.24) is 9.80 Å². The molecule has 0 fully saturated rings. The summed E-state index contributed by atoms with van der Waals surface area (Å²) in [6.45, 7) is 6.98. The summed E-state index contributed by atoms with van der Waals surface area (Å²) in [6, 6.07) is 18.9. The van der Waals surface area contributed by atoms with E-state index in [1.54, 1.807) is 28.4 Å². The van der Waals surface area contributed by atoms with Crippen molar-refractivity contribution in [3.63, 3.8) is 0 Å². The Labute approximate surface area is 199 Å². The van der Waals surface area contributed by atoms with Crippen LogP contribution in [0.1, 0.15) is 46.3 Å². The van der Waals surface area contributed by atoms with Crippen molar-refractivity contribution in [2.75, 3.05) is 19.7 Å². The van der Waals surface area contributed by atoms with E-state index in [1.165, 1.54) is 10.4 Å². The lowest BCUT2D eigenvalue weighted by Crippen LogP contribution is -2.49. The molecule has 1 aliphatic rings. The molecule has 33 heavy (non-hydrogen) atoms. The molecule has 1 aliphatic heterocycles. The summed E-state index contributed by atoms with van der Waals surface area (Å²) in [5, 5.41) is 2.08. The van der Waals surface area contributed by atoms with Crippen molar-refractivity contribution in [1.29, 1.82) is 0 Å². The van der Waals surface area contributed by atoms with E-state index in [9.17, 15) is 9.59 Å². The second kappa shape index (κ2) is 10.2. The number of benzene rings is 2. The third-order valence-electron chi connectivity index (χ3n) is 6.05. The van der Waals surface area contributed by atoms with Gasteiger partial charge in [-0.25, -0.2) is 0 Å². The molecule has 3 aromatic rings. The molecular formula is C27H30N2O3S. The molecule has 0 saturated carbocycles. The molecular weight excluding hydrogens is 432 g/mol. The van der Waals surface area contributed by atoms with Gasteiger partial charge in [0.25, 0.3) is 5.91 Å². The Morgan fingerprint density at radius 1 is 1.09 bits per heavy atom. The number of thiophene rings is 1. The van der Waals surface area contributed by atoms with E-state index in [2.05, 4.69) is 11.4 Å². The van der Waals surface area contributed by atoms with Crippen LogP contribution >= 0.6 is 11.3 Å². The average Bonchev–Trinajstić information content (AvgIpc) is 3.31. The third-order valence-corrected chi connectivity index (χ3v) is 7.05. The van der Waals surface area contributed by atoms with E-state index >= 15 is 0 Å². The van der Waals surface area contributed by atoms with E-state index in [4.69, 9.17) is 4.74 Å². The van der Waals surface area contributed by atoms with Crippen molar-refractivity contribution >= 4 is 23.2 Å². The molecule has 5 nitrogen and oxygen atoms in total. The standard InChI is InChI=1S/C27H30N2O3S/c1-19(2)29(27(31)21-7-5-4-6-8-21)17-26(30)28-15-13-25-23(14-16-33-25)24(28)18-32-22-11-9-20(3)10-12-22/h4-12,14,16,19,24H,13,15,17-18H2,1-3H3/t24-/m1/s1. The SMILES string of the molecule is Cc1ccc(OC[C@@H]2c3ccsc3CCN2C(=O)CN(C(=O)c2ccccc2)C(C)C)cc1. The molecule has 6 heteroatoms. The van der Waals surface area contributed by atoms with Gasteiger partial charge in [0.1, 0.15) is 18.9 Å². The normalized spacial score (nSPS) is 15.3. The molecule has 0 aliphatic carbocycles. The Balaban J connectivity index is 1.52. The number of rotatable bonds is 7. The van der Waals surface area contributed by atoms with Gasteiger partial charge in [0, 0.05) is 23.0 Å². The van der Waals surface area contributed by atoms with Gasteiger partial charge in [-0.2, -0.15) is 0 Å². The van der Waals surface area contributed by atoms with Crippen molar-refractivity contribution in [3.05, 3.63) is 87.6 Å². The van der Waals surface area contributed by atoms with Gasteiger partial charge in [0.2, 0.25) is 5.91 Å². The van der Waals surface area contributed by atoms with Crippen LogP contribution in [-0.4, -0.2) is 47.4 Å². The summed E-state index contributed by atoms with van der Waals surface area (Å²) in [6.07, 6.45) is 0.827. The molecule has 0 N–H and O–H groups in total. The van der Waals surface area contributed by atoms with E-state index in [0.29, 0.717) is 18.7 Å². The van der Waals surface area contributed by atoms with Gasteiger partial charge in [0.05, 0.1) is 6.04 Å². The molecule has 0 spiro atoms. The second-order valence-corrected chi connectivity index (χ2v) is 9.67. The topological polar surface area (TPSA) is 49.9 Å². The fourth-order valence-electron chi connectivity index (χ4n) is 4.16. The minimum Gasteiger partial charge on any atom is -0.491 e. The average molecular weight is 463 g/mol. The molecule has 1 atom stereocenters. The first-order valence-corrected chi connectivity index (χ1v) is 12.2. The molecule has 4 rings (SSSR count). The van der Waals surface area contributed by atoms with Crippen molar-refractivity contribution in [2.24, 2.45) is 0 Å². The highest BCUT2D eigenvalue weighted by molar-refractivity contribution is 7.10. The minimum atomic E-state index is -0.172. The van der Waals surface area contributed by atoms with Crippen molar-refractivity contribution < 1.29 is 14.3 Å². The van der Waals surface area contributed by atoms with Crippen LogP contribution in [0.25, 0.3) is 0 Å². The summed E-state index contributed by atoms with van der Waals surface area (Å²) < 4.78 is 6.11. The maximum Gasteiger partial charge on any atom is 0.254 e. The lowest BCUT2D eigenvalue weighted by Gasteiger charge is -2.37. The highest BCUT2D eigenvalue weighted by Gasteiger charge is 2.34. The smallest absolute Gasteiger partial charge is 0.254 e. The van der Waals surface area contributed by atoms with Gasteiger partial charge in [-0.05, 0) is 68.5 Å². The van der Waals surface area contributed by atoms with Crippen molar-refractivity contribution in [2.45, 2.75) is 39.3 Å². The minimum absolute atomic E-state index is 0.0475. The third kappa shape index (κ3) is 5.28. The van der Waals surface area contributed by atoms with Gasteiger partial charge < -0.3 is 14.5 Å². The first-order valence-electron chi connectivity index (χ1n) is 11.3. The molecule has 2 amide bonds. The van der Waals surface area contributed by atoms with Crippen LogP contribution in [0, 0.1) is 6.92 Å². The number of aryl methyl sites for hydroxylation is 1. The van der Waals surface area contributed by atoms with Crippen LogP contribution in [0.15, 0.2) is 66.0 Å². The largest absolute Gasteiger partial charge is 0.491 e. The Bertz CT molecular complexity index is 1090. The number of hydrogen-bond acceptors (Lipinski definition) is 4. The highest BCUT2D eigenvalue weighted by Crippen LogP contribution is 2.34. The van der Waals surface area contributed by atoms with E-state index in [0.717, 1.165) is 17.7 Å². The molecule has 1 aromatic heterocycles. The summed E-state index contributed by atoms with van der Waals surface area (Å²) in [5.41, 5.74) is 2.92. The van der Waals surface area contributed by atoms with E-state index in [-0.39, 0.29) is 30.4 Å². The lowest BCUT2D eigenvalue weighted by molar-refractivity contribution is -0.136. The summed E-state index contributed by atoms with van der Waals surface area (Å²) in [4.78, 5) is 31.5. The summed E-state index contributed by atoms with van der Waals surface area (Å²) in [7, 11) is 0. The molecule has 0 saturated heterocycles. The monoisotopic (exact) mass is 462 g/mol. The Kier molecular flexibility index (Phi) is 7.14. The Hall–Kier alpha value is -3.12. The van der Waals surface area contributed by atoms with Gasteiger partial charge in [0.15, 0.2) is 0 Å². The molecule has 172 valence electrons. The Morgan fingerprint density at radius 3 is 2.52 bits per heavy atom. The fraction of sp³-hybridized carbons (Fsp3) is 0.333. The lowest BCUT2D eigenvalue weighted by atomic mass is 10.00. The number of carbonyl (C=O) groups is 2. The predicted octanol–water partition coefficient (Wildman–Crippen LogP) is 5.11. The van der Waals surface area contributed by atoms with Crippen LogP contribution in [-0.2, 0) is 11.2 Å². The second-order valence-electron chi connectivity index (χ2n) is 8.67. The summed E-state index contributed by atoms with van der Waals surface area (Å²) >= 11 is 1.73. The van der Waals surface area contributed by atoms with Gasteiger partial charge in [-0.3, -0.25) is 9.59 Å². The number of amides is 2. The van der Waals surface area contributed by atoms with Gasteiger partial charge in [-0.15, -0.1) is 11.3 Å². The molecule has 2 aromatic carbocycles. The first-order chi connectivity index (χ1) is 15.9. The molecule has 0 radical (unpaired) electrons. The van der Waals surface area contributed by atoms with Crippen LogP contribution < -0.4 is 4.74 Å². The van der Waals surface area contributed by atoms with Crippen LogP contribution in [0.3, 0.4) is 0 Å². The summed E-state index contributed by atoms with van der Waals surface area (Å²) in [5.74, 6) is 0.611. The van der Waals surface area contributed by atoms with Crippen LogP contribution in [0.5, 0.6) is 5.75 Å². The first kappa shape index (κ1) is 23.1. The quantitative estimate of drug-likeness (QED) is 0.490. The zero-order chi connectivity index (χ0) is 23.4. The van der Waals surface area contributed by atoms with E-state index in [1.807, 2.05) is 68.1 Å². The maximum absolute atomic E-state index is 13.5. The molecule has 0 bridgehead atoms. The Morgan fingerprint density at radius 2 is 1.82 bits per heavy atom. The van der Waals surface area contributed by atoms with Crippen molar-refractivity contribution in [3.8, 4) is 5.75 Å². The number of hydrogen-bond donors (Lipinski definition) is 0. The number of fused-ring (bicyclic) bond motifs is 1. The number of nitrogens with zero attached hydrogens (tertiary/aromatic N) is 2. The highest BCUT2D eigenvalue weighted by atomic mass is 32.1.